The van der Waals surface area contributed by atoms with Gasteiger partial charge in [0, 0.05) is 50.3 Å². The Labute approximate surface area is 271 Å². The minimum atomic E-state index is -3.38. The first-order chi connectivity index (χ1) is 22.5. The van der Waals surface area contributed by atoms with Gasteiger partial charge in [0.1, 0.15) is 29.8 Å². The molecule has 3 N–H and O–H groups in total. The molecule has 3 aliphatic rings. The Kier molecular flexibility index (Phi) is 9.30. The molecule has 13 nitrogen and oxygen atoms in total. The molecule has 0 saturated carbocycles. The number of nitrogens with zero attached hydrogens (tertiary/aromatic N) is 6. The fraction of sp³-hybridized carbons (Fsp3) is 0.500. The zero-order valence-electron chi connectivity index (χ0n) is 26.5. The number of carbonyl (C=O) groups is 1. The predicted molar refractivity (Wildman–Crippen MR) is 168 cm³/mol. The molecule has 1 unspecified atom stereocenters. The molecule has 47 heavy (non-hydrogen) atoms. The fourth-order valence-corrected chi connectivity index (χ4v) is 6.14. The van der Waals surface area contributed by atoms with Gasteiger partial charge in [-0.05, 0) is 44.2 Å². The number of rotatable bonds is 9. The van der Waals surface area contributed by atoms with E-state index < -0.39 is 30.6 Å². The minimum absolute atomic E-state index is 0.00427. The van der Waals surface area contributed by atoms with Gasteiger partial charge in [-0.3, -0.25) is 9.69 Å². The highest BCUT2D eigenvalue weighted by Gasteiger charge is 2.48. The first-order valence-electron chi connectivity index (χ1n) is 15.6. The average Bonchev–Trinajstić information content (AvgIpc) is 3.01. The van der Waals surface area contributed by atoms with E-state index in [-0.39, 0.29) is 30.5 Å². The van der Waals surface area contributed by atoms with E-state index in [1.54, 1.807) is 19.2 Å². The van der Waals surface area contributed by atoms with Gasteiger partial charge in [-0.2, -0.15) is 4.98 Å². The molecule has 0 radical (unpaired) electrons. The topological polar surface area (TPSA) is 146 Å². The molecular formula is C32H39F2N7O6. The van der Waals surface area contributed by atoms with Crippen LogP contribution in [-0.4, -0.2) is 124 Å². The molecule has 15 heteroatoms. The van der Waals surface area contributed by atoms with Crippen LogP contribution < -0.4 is 19.7 Å². The van der Waals surface area contributed by atoms with Crippen molar-refractivity contribution in [3.63, 3.8) is 0 Å². The number of ether oxygens (including phenoxy) is 3. The van der Waals surface area contributed by atoms with Gasteiger partial charge in [-0.15, -0.1) is 0 Å². The molecule has 3 saturated heterocycles. The number of aromatic hydroxyl groups is 1. The molecule has 0 bridgehead atoms. The van der Waals surface area contributed by atoms with Crippen LogP contribution in [0.3, 0.4) is 0 Å². The van der Waals surface area contributed by atoms with E-state index in [0.717, 1.165) is 43.4 Å². The number of nitrogens with one attached hydrogen (secondary N) is 1. The number of piperazine rings is 1. The van der Waals surface area contributed by atoms with Gasteiger partial charge in [0.05, 0.1) is 38.6 Å². The Morgan fingerprint density at radius 3 is 2.60 bits per heavy atom. The highest BCUT2D eigenvalue weighted by atomic mass is 19.3. The number of aliphatic hydroxyl groups excluding tert-OH is 1. The lowest BCUT2D eigenvalue weighted by atomic mass is 10.0. The highest BCUT2D eigenvalue weighted by Crippen LogP contribution is 2.37. The van der Waals surface area contributed by atoms with Crippen molar-refractivity contribution >= 4 is 23.2 Å². The van der Waals surface area contributed by atoms with Crippen LogP contribution in [0.2, 0.25) is 0 Å². The third kappa shape index (κ3) is 7.01. The van der Waals surface area contributed by atoms with E-state index in [4.69, 9.17) is 14.2 Å². The summed E-state index contributed by atoms with van der Waals surface area (Å²) in [4.78, 5) is 31.0. The van der Waals surface area contributed by atoms with Crippen LogP contribution in [0.1, 0.15) is 20.3 Å². The number of piperidine rings is 1. The SMILES string of the molecule is COc1nc(Nc2cc(-c3ccc(OC4CCN(C(=O)[C@H](C)O)CC4(F)F)c(O)c3)ncn2)ccc1N1CCN(C2COC2)C[C@@H]1C. The molecule has 5 heterocycles. The lowest BCUT2D eigenvalue weighted by molar-refractivity contribution is -0.165. The maximum atomic E-state index is 14.8. The summed E-state index contributed by atoms with van der Waals surface area (Å²) in [6.07, 6.45) is -1.73. The van der Waals surface area contributed by atoms with Gasteiger partial charge < -0.3 is 39.5 Å². The van der Waals surface area contributed by atoms with Crippen molar-refractivity contribution in [1.29, 1.82) is 0 Å². The second-order valence-electron chi connectivity index (χ2n) is 12.1. The van der Waals surface area contributed by atoms with Crippen LogP contribution in [0.5, 0.6) is 17.4 Å². The lowest BCUT2D eigenvalue weighted by Gasteiger charge is -2.46. The van der Waals surface area contributed by atoms with Crippen LogP contribution >= 0.6 is 0 Å². The van der Waals surface area contributed by atoms with E-state index in [1.165, 1.54) is 25.4 Å². The summed E-state index contributed by atoms with van der Waals surface area (Å²) < 4.78 is 46.2. The zero-order valence-corrected chi connectivity index (χ0v) is 26.5. The van der Waals surface area contributed by atoms with Gasteiger partial charge >= 0.3 is 5.92 Å². The van der Waals surface area contributed by atoms with Crippen LogP contribution in [0, 0.1) is 0 Å². The largest absolute Gasteiger partial charge is 0.504 e. The van der Waals surface area contributed by atoms with E-state index in [2.05, 4.69) is 37.0 Å². The first-order valence-corrected chi connectivity index (χ1v) is 15.6. The van der Waals surface area contributed by atoms with Crippen LogP contribution in [0.25, 0.3) is 11.3 Å². The van der Waals surface area contributed by atoms with Crippen molar-refractivity contribution in [1.82, 2.24) is 24.8 Å². The molecule has 6 rings (SSSR count). The standard InChI is InChI=1S/C32H39F2N7O6/c1-19-14-39(22-15-46-16-22)10-11-41(19)24-5-7-28(38-30(24)45-3)37-29-13-23(35-18-36-29)21-4-6-26(25(43)12-21)47-27-8-9-40(17-32(27,33)34)31(44)20(2)42/h4-7,12-13,18-20,22,27,42-43H,8-11,14-17H2,1-3H3,(H,35,36,37,38)/t19-,20-,27?/m0/s1. The van der Waals surface area contributed by atoms with Gasteiger partial charge in [-0.25, -0.2) is 18.7 Å². The Balaban J connectivity index is 1.11. The number of amides is 1. The lowest BCUT2D eigenvalue weighted by Crippen LogP contribution is -2.59. The van der Waals surface area contributed by atoms with Crippen molar-refractivity contribution in [3.8, 4) is 28.6 Å². The normalized spacial score (nSPS) is 22.3. The molecule has 252 valence electrons. The number of phenols is 1. The number of carbonyl (C=O) groups excluding carboxylic acids is 1. The summed E-state index contributed by atoms with van der Waals surface area (Å²) in [6.45, 7) is 6.85. The molecule has 3 fully saturated rings. The number of likely N-dealkylation sites (tertiary alicyclic amines) is 1. The summed E-state index contributed by atoms with van der Waals surface area (Å²) in [5.41, 5.74) is 1.88. The van der Waals surface area contributed by atoms with Crippen molar-refractivity contribution in [2.24, 2.45) is 0 Å². The number of halogens is 2. The highest BCUT2D eigenvalue weighted by molar-refractivity contribution is 5.80. The molecule has 3 aliphatic heterocycles. The zero-order chi connectivity index (χ0) is 33.3. The van der Waals surface area contributed by atoms with Crippen molar-refractivity contribution in [2.75, 3.05) is 63.3 Å². The van der Waals surface area contributed by atoms with Crippen molar-refractivity contribution in [2.45, 2.75) is 50.5 Å². The van der Waals surface area contributed by atoms with E-state index in [0.29, 0.717) is 34.8 Å². The molecular weight excluding hydrogens is 616 g/mol. The number of aromatic nitrogens is 3. The molecule has 0 spiro atoms. The number of methoxy groups -OCH3 is 1. The molecule has 3 aromatic rings. The van der Waals surface area contributed by atoms with Crippen molar-refractivity contribution in [3.05, 3.63) is 42.7 Å². The fourth-order valence-electron chi connectivity index (χ4n) is 6.14. The Morgan fingerprint density at radius 2 is 1.94 bits per heavy atom. The maximum Gasteiger partial charge on any atom is 0.301 e. The Bertz CT molecular complexity index is 1590. The summed E-state index contributed by atoms with van der Waals surface area (Å²) in [5, 5.41) is 23.3. The molecule has 1 amide bonds. The van der Waals surface area contributed by atoms with Crippen LogP contribution in [0.4, 0.5) is 26.1 Å². The van der Waals surface area contributed by atoms with E-state index >= 15 is 0 Å². The van der Waals surface area contributed by atoms with E-state index in [1.807, 2.05) is 12.1 Å². The summed E-state index contributed by atoms with van der Waals surface area (Å²) in [6, 6.07) is 10.6. The van der Waals surface area contributed by atoms with Crippen LogP contribution in [0.15, 0.2) is 42.7 Å². The second kappa shape index (κ2) is 13.4. The molecule has 0 aliphatic carbocycles. The molecule has 3 atom stereocenters. The quantitative estimate of drug-likeness (QED) is 0.312. The summed E-state index contributed by atoms with van der Waals surface area (Å²) >= 11 is 0. The number of hydrogen-bond acceptors (Lipinski definition) is 12. The maximum absolute atomic E-state index is 14.8. The van der Waals surface area contributed by atoms with E-state index in [9.17, 15) is 23.8 Å². The number of anilines is 3. The summed E-state index contributed by atoms with van der Waals surface area (Å²) in [5.74, 6) is -3.16. The van der Waals surface area contributed by atoms with Crippen molar-refractivity contribution < 1.29 is 38.0 Å². The summed E-state index contributed by atoms with van der Waals surface area (Å²) in [7, 11) is 1.59. The molecule has 2 aromatic heterocycles. The Hall–Kier alpha value is -4.34. The number of aliphatic hydroxyl groups is 1. The monoisotopic (exact) mass is 655 g/mol. The number of pyridine rings is 1. The number of benzene rings is 1. The number of hydrogen-bond donors (Lipinski definition) is 3. The van der Waals surface area contributed by atoms with Gasteiger partial charge in [0.2, 0.25) is 5.88 Å². The Morgan fingerprint density at radius 1 is 1.13 bits per heavy atom. The van der Waals surface area contributed by atoms with Crippen LogP contribution in [-0.2, 0) is 9.53 Å². The third-order valence-electron chi connectivity index (χ3n) is 8.79. The van der Waals surface area contributed by atoms with Gasteiger partial charge in [0.25, 0.3) is 5.91 Å². The van der Waals surface area contributed by atoms with Gasteiger partial charge in [-0.1, -0.05) is 0 Å². The third-order valence-corrected chi connectivity index (χ3v) is 8.79. The second-order valence-corrected chi connectivity index (χ2v) is 12.1. The number of phenolic OH excluding ortho intramolecular Hbond substituents is 1. The average molecular weight is 656 g/mol. The molecule has 1 aromatic carbocycles. The smallest absolute Gasteiger partial charge is 0.301 e. The first kappa shape index (κ1) is 32.6. The predicted octanol–water partition coefficient (Wildman–Crippen LogP) is 2.90. The number of alkyl halides is 2. The van der Waals surface area contributed by atoms with Gasteiger partial charge in [0.15, 0.2) is 17.6 Å². The minimum Gasteiger partial charge on any atom is -0.504 e.